The molecule has 0 bridgehead atoms. The van der Waals surface area contributed by atoms with Crippen molar-refractivity contribution in [2.75, 3.05) is 13.1 Å². The van der Waals surface area contributed by atoms with E-state index in [9.17, 15) is 4.79 Å². The normalized spacial score (nSPS) is 15.5. The molecule has 4 nitrogen and oxygen atoms in total. The molecule has 0 radical (unpaired) electrons. The smallest absolute Gasteiger partial charge is 0.255 e. The molecule has 1 amide bonds. The Kier molecular flexibility index (Phi) is 3.17. The Morgan fingerprint density at radius 1 is 1.38 bits per heavy atom. The molecule has 86 valence electrons. The van der Waals surface area contributed by atoms with Gasteiger partial charge >= 0.3 is 0 Å². The average Bonchev–Trinajstić information content (AvgIpc) is 2.81. The standard InChI is InChI=1S/C12H17N3O/c1-3-11-10(8-9(2)13-14-11)12(16)15-6-4-5-7-15/h8H,3-7H2,1-2H3. The van der Waals surface area contributed by atoms with Gasteiger partial charge < -0.3 is 4.90 Å². The van der Waals surface area contributed by atoms with Gasteiger partial charge in [0.1, 0.15) is 0 Å². The minimum absolute atomic E-state index is 0.118. The van der Waals surface area contributed by atoms with Gasteiger partial charge in [0.05, 0.1) is 17.0 Å². The fraction of sp³-hybridized carbons (Fsp3) is 0.583. The van der Waals surface area contributed by atoms with Gasteiger partial charge in [-0.25, -0.2) is 0 Å². The van der Waals surface area contributed by atoms with Gasteiger partial charge in [-0.2, -0.15) is 10.2 Å². The van der Waals surface area contributed by atoms with E-state index in [2.05, 4.69) is 10.2 Å². The van der Waals surface area contributed by atoms with Gasteiger partial charge in [-0.3, -0.25) is 4.79 Å². The summed E-state index contributed by atoms with van der Waals surface area (Å²) >= 11 is 0. The van der Waals surface area contributed by atoms with Crippen molar-refractivity contribution in [3.05, 3.63) is 23.0 Å². The molecule has 1 aliphatic rings. The topological polar surface area (TPSA) is 46.1 Å². The fourth-order valence-corrected chi connectivity index (χ4v) is 2.05. The highest BCUT2D eigenvalue weighted by Crippen LogP contribution is 2.15. The highest BCUT2D eigenvalue weighted by Gasteiger charge is 2.22. The minimum Gasteiger partial charge on any atom is -0.339 e. The van der Waals surface area contributed by atoms with E-state index < -0.39 is 0 Å². The van der Waals surface area contributed by atoms with Gasteiger partial charge in [-0.15, -0.1) is 0 Å². The second-order valence-corrected chi connectivity index (χ2v) is 4.20. The largest absolute Gasteiger partial charge is 0.339 e. The lowest BCUT2D eigenvalue weighted by Crippen LogP contribution is -2.29. The molecule has 1 aliphatic heterocycles. The quantitative estimate of drug-likeness (QED) is 0.758. The molecular formula is C12H17N3O. The van der Waals surface area contributed by atoms with Crippen molar-refractivity contribution >= 4 is 5.91 Å². The van der Waals surface area contributed by atoms with E-state index >= 15 is 0 Å². The van der Waals surface area contributed by atoms with Crippen LogP contribution in [0, 0.1) is 6.92 Å². The molecule has 0 saturated carbocycles. The Labute approximate surface area is 95.7 Å². The maximum atomic E-state index is 12.2. The molecule has 0 N–H and O–H groups in total. The first-order valence-corrected chi connectivity index (χ1v) is 5.85. The molecule has 1 fully saturated rings. The van der Waals surface area contributed by atoms with Crippen molar-refractivity contribution in [2.45, 2.75) is 33.1 Å². The lowest BCUT2D eigenvalue weighted by molar-refractivity contribution is 0.0791. The first-order valence-electron chi connectivity index (χ1n) is 5.85. The number of carbonyl (C=O) groups excluding carboxylic acids is 1. The number of aryl methyl sites for hydroxylation is 2. The van der Waals surface area contributed by atoms with Gasteiger partial charge in [-0.05, 0) is 32.3 Å². The highest BCUT2D eigenvalue weighted by atomic mass is 16.2. The Hall–Kier alpha value is -1.45. The van der Waals surface area contributed by atoms with Crippen LogP contribution in [0.5, 0.6) is 0 Å². The Morgan fingerprint density at radius 2 is 2.06 bits per heavy atom. The SMILES string of the molecule is CCc1nnc(C)cc1C(=O)N1CCCC1. The van der Waals surface area contributed by atoms with Gasteiger partial charge in [0.15, 0.2) is 0 Å². The summed E-state index contributed by atoms with van der Waals surface area (Å²) in [5, 5.41) is 8.09. The summed E-state index contributed by atoms with van der Waals surface area (Å²) in [6.07, 6.45) is 2.98. The van der Waals surface area contributed by atoms with Crippen LogP contribution >= 0.6 is 0 Å². The molecule has 1 aromatic rings. The summed E-state index contributed by atoms with van der Waals surface area (Å²) in [6, 6.07) is 1.85. The van der Waals surface area contributed by atoms with Crippen LogP contribution in [0.2, 0.25) is 0 Å². The zero-order chi connectivity index (χ0) is 11.5. The number of nitrogens with zero attached hydrogens (tertiary/aromatic N) is 3. The van der Waals surface area contributed by atoms with Crippen LogP contribution in [-0.2, 0) is 6.42 Å². The lowest BCUT2D eigenvalue weighted by Gasteiger charge is -2.16. The highest BCUT2D eigenvalue weighted by molar-refractivity contribution is 5.95. The van der Waals surface area contributed by atoms with Crippen molar-refractivity contribution in [1.82, 2.24) is 15.1 Å². The van der Waals surface area contributed by atoms with E-state index in [0.29, 0.717) is 0 Å². The average molecular weight is 219 g/mol. The molecule has 1 saturated heterocycles. The molecule has 0 spiro atoms. The summed E-state index contributed by atoms with van der Waals surface area (Å²) < 4.78 is 0. The summed E-state index contributed by atoms with van der Waals surface area (Å²) in [7, 11) is 0. The van der Waals surface area contributed by atoms with Crippen molar-refractivity contribution in [2.24, 2.45) is 0 Å². The first kappa shape index (κ1) is 11.0. The number of amides is 1. The number of hydrogen-bond acceptors (Lipinski definition) is 3. The zero-order valence-corrected chi connectivity index (χ0v) is 9.86. The maximum absolute atomic E-state index is 12.2. The van der Waals surface area contributed by atoms with Crippen LogP contribution in [0.1, 0.15) is 41.5 Å². The Morgan fingerprint density at radius 3 is 2.69 bits per heavy atom. The van der Waals surface area contributed by atoms with Gasteiger partial charge in [-0.1, -0.05) is 6.92 Å². The van der Waals surface area contributed by atoms with Gasteiger partial charge in [0.2, 0.25) is 0 Å². The minimum atomic E-state index is 0.118. The molecule has 4 heteroatoms. The molecule has 0 aliphatic carbocycles. The second-order valence-electron chi connectivity index (χ2n) is 4.20. The summed E-state index contributed by atoms with van der Waals surface area (Å²) in [5.74, 6) is 0.118. The molecule has 0 atom stereocenters. The van der Waals surface area contributed by atoms with Gasteiger partial charge in [0, 0.05) is 13.1 Å². The molecule has 2 rings (SSSR count). The van der Waals surface area contributed by atoms with Crippen LogP contribution in [0.3, 0.4) is 0 Å². The maximum Gasteiger partial charge on any atom is 0.255 e. The van der Waals surface area contributed by atoms with E-state index in [1.54, 1.807) is 0 Å². The van der Waals surface area contributed by atoms with E-state index in [-0.39, 0.29) is 5.91 Å². The third kappa shape index (κ3) is 2.05. The van der Waals surface area contributed by atoms with Crippen molar-refractivity contribution in [3.63, 3.8) is 0 Å². The molecule has 0 unspecified atom stereocenters. The summed E-state index contributed by atoms with van der Waals surface area (Å²) in [5.41, 5.74) is 2.35. The molecular weight excluding hydrogens is 202 g/mol. The van der Waals surface area contributed by atoms with E-state index in [1.165, 1.54) is 0 Å². The number of aromatic nitrogens is 2. The first-order chi connectivity index (χ1) is 7.72. The predicted molar refractivity (Wildman–Crippen MR) is 61.3 cm³/mol. The summed E-state index contributed by atoms with van der Waals surface area (Å²) in [6.45, 7) is 5.63. The zero-order valence-electron chi connectivity index (χ0n) is 9.86. The number of rotatable bonds is 2. The third-order valence-corrected chi connectivity index (χ3v) is 2.95. The lowest BCUT2D eigenvalue weighted by atomic mass is 10.1. The van der Waals surface area contributed by atoms with Crippen LogP contribution in [0.4, 0.5) is 0 Å². The number of likely N-dealkylation sites (tertiary alicyclic amines) is 1. The second kappa shape index (κ2) is 4.60. The Bertz CT molecular complexity index is 397. The monoisotopic (exact) mass is 219 g/mol. The molecule has 16 heavy (non-hydrogen) atoms. The van der Waals surface area contributed by atoms with E-state index in [0.717, 1.165) is 49.3 Å². The predicted octanol–water partition coefficient (Wildman–Crippen LogP) is 1.58. The van der Waals surface area contributed by atoms with Gasteiger partial charge in [0.25, 0.3) is 5.91 Å². The Balaban J connectivity index is 2.30. The van der Waals surface area contributed by atoms with E-state index in [4.69, 9.17) is 0 Å². The molecule has 1 aromatic heterocycles. The van der Waals surface area contributed by atoms with Crippen LogP contribution in [0.15, 0.2) is 6.07 Å². The van der Waals surface area contributed by atoms with Crippen molar-refractivity contribution in [1.29, 1.82) is 0 Å². The van der Waals surface area contributed by atoms with E-state index in [1.807, 2.05) is 24.8 Å². The third-order valence-electron chi connectivity index (χ3n) is 2.95. The van der Waals surface area contributed by atoms with Crippen molar-refractivity contribution < 1.29 is 4.79 Å². The summed E-state index contributed by atoms with van der Waals surface area (Å²) in [4.78, 5) is 14.1. The number of carbonyl (C=O) groups is 1. The van der Waals surface area contributed by atoms with Crippen LogP contribution < -0.4 is 0 Å². The van der Waals surface area contributed by atoms with Crippen LogP contribution in [0.25, 0.3) is 0 Å². The van der Waals surface area contributed by atoms with Crippen LogP contribution in [-0.4, -0.2) is 34.1 Å². The molecule has 2 heterocycles. The molecule has 0 aromatic carbocycles. The van der Waals surface area contributed by atoms with Crippen molar-refractivity contribution in [3.8, 4) is 0 Å². The number of hydrogen-bond donors (Lipinski definition) is 0. The fourth-order valence-electron chi connectivity index (χ4n) is 2.05.